The Morgan fingerprint density at radius 3 is 2.92 bits per heavy atom. The summed E-state index contributed by atoms with van der Waals surface area (Å²) in [6, 6.07) is 3.83. The predicted octanol–water partition coefficient (Wildman–Crippen LogP) is 2.03. The molecule has 1 aliphatic carbocycles. The summed E-state index contributed by atoms with van der Waals surface area (Å²) in [5, 5.41) is 6.86. The van der Waals surface area contributed by atoms with Crippen LogP contribution < -0.4 is 0 Å². The van der Waals surface area contributed by atoms with Crippen LogP contribution in [-0.2, 0) is 4.74 Å². The van der Waals surface area contributed by atoms with Gasteiger partial charge in [0.15, 0.2) is 0 Å². The molecular formula is C18H23N5O2. The van der Waals surface area contributed by atoms with Crippen molar-refractivity contribution < 1.29 is 9.53 Å². The van der Waals surface area contributed by atoms with Gasteiger partial charge in [-0.15, -0.1) is 0 Å². The van der Waals surface area contributed by atoms with Crippen molar-refractivity contribution in [2.45, 2.75) is 44.1 Å². The van der Waals surface area contributed by atoms with Gasteiger partial charge in [0.05, 0.1) is 17.4 Å². The number of nitrogens with one attached hydrogen (secondary N) is 1. The highest BCUT2D eigenvalue weighted by atomic mass is 16.5. The number of aromatic nitrogens is 4. The zero-order chi connectivity index (χ0) is 17.4. The molecule has 4 rings (SSSR count). The molecule has 0 unspecified atom stereocenters. The molecule has 2 aromatic rings. The summed E-state index contributed by atoms with van der Waals surface area (Å²) in [5.41, 5.74) is 2.64. The number of hydrogen-bond acceptors (Lipinski definition) is 5. The van der Waals surface area contributed by atoms with Gasteiger partial charge in [0, 0.05) is 37.7 Å². The van der Waals surface area contributed by atoms with E-state index in [-0.39, 0.29) is 17.9 Å². The van der Waals surface area contributed by atoms with Gasteiger partial charge in [-0.3, -0.25) is 14.9 Å². The number of likely N-dealkylation sites (N-methyl/N-ethyl adjacent to an activating group) is 1. The van der Waals surface area contributed by atoms with Crippen molar-refractivity contribution >= 4 is 5.91 Å². The fourth-order valence-corrected chi connectivity index (χ4v) is 3.52. The molecule has 0 radical (unpaired) electrons. The van der Waals surface area contributed by atoms with Gasteiger partial charge in [0.25, 0.3) is 5.91 Å². The van der Waals surface area contributed by atoms with Gasteiger partial charge in [0.2, 0.25) is 0 Å². The highest BCUT2D eigenvalue weighted by Crippen LogP contribution is 2.41. The maximum absolute atomic E-state index is 13.0. The van der Waals surface area contributed by atoms with E-state index in [1.807, 2.05) is 26.1 Å². The Balaban J connectivity index is 1.49. The number of aryl methyl sites for hydroxylation is 1. The molecule has 7 heteroatoms. The lowest BCUT2D eigenvalue weighted by Gasteiger charge is -2.24. The third-order valence-electron chi connectivity index (χ3n) is 5.05. The third kappa shape index (κ3) is 3.28. The summed E-state index contributed by atoms with van der Waals surface area (Å²) < 4.78 is 5.86. The summed E-state index contributed by atoms with van der Waals surface area (Å²) in [5.74, 6) is 1.44. The minimum Gasteiger partial charge on any atom is -0.376 e. The minimum absolute atomic E-state index is 0.0150. The van der Waals surface area contributed by atoms with Gasteiger partial charge in [-0.25, -0.2) is 4.98 Å². The average molecular weight is 341 g/mol. The first-order chi connectivity index (χ1) is 12.1. The van der Waals surface area contributed by atoms with E-state index in [9.17, 15) is 4.79 Å². The van der Waals surface area contributed by atoms with Crippen LogP contribution in [0.3, 0.4) is 0 Å². The molecule has 2 aliphatic rings. The van der Waals surface area contributed by atoms with Crippen molar-refractivity contribution in [1.29, 1.82) is 0 Å². The fourth-order valence-electron chi connectivity index (χ4n) is 3.52. The number of carbonyl (C=O) groups is 1. The monoisotopic (exact) mass is 341 g/mol. The molecule has 7 nitrogen and oxygen atoms in total. The number of aromatic amines is 1. The SMILES string of the molecule is Cc1ccc(C(=O)N(C)C[C@H]2OCC[C@H]2c2ncn[nH]2)c(C2CC2)n1. The first-order valence-electron chi connectivity index (χ1n) is 8.83. The number of hydrogen-bond donors (Lipinski definition) is 1. The van der Waals surface area contributed by atoms with Crippen LogP contribution >= 0.6 is 0 Å². The lowest BCUT2D eigenvalue weighted by Crippen LogP contribution is -2.37. The molecular weight excluding hydrogens is 318 g/mol. The molecule has 3 heterocycles. The fraction of sp³-hybridized carbons (Fsp3) is 0.556. The Morgan fingerprint density at radius 1 is 1.36 bits per heavy atom. The van der Waals surface area contributed by atoms with Crippen molar-refractivity contribution in [3.8, 4) is 0 Å². The molecule has 1 saturated heterocycles. The molecule has 1 aliphatic heterocycles. The van der Waals surface area contributed by atoms with E-state index < -0.39 is 0 Å². The molecule has 2 fully saturated rings. The van der Waals surface area contributed by atoms with Crippen molar-refractivity contribution in [2.75, 3.05) is 20.2 Å². The Hall–Kier alpha value is -2.28. The molecule has 2 aromatic heterocycles. The molecule has 0 bridgehead atoms. The van der Waals surface area contributed by atoms with Crippen molar-refractivity contribution in [2.24, 2.45) is 0 Å². The van der Waals surface area contributed by atoms with Gasteiger partial charge in [-0.05, 0) is 38.3 Å². The molecule has 0 aromatic carbocycles. The maximum Gasteiger partial charge on any atom is 0.255 e. The summed E-state index contributed by atoms with van der Waals surface area (Å²) in [4.78, 5) is 23.6. The van der Waals surface area contributed by atoms with E-state index in [0.717, 1.165) is 42.0 Å². The Bertz CT molecular complexity index is 757. The lowest BCUT2D eigenvalue weighted by atomic mass is 10.00. The Morgan fingerprint density at radius 2 is 2.20 bits per heavy atom. The van der Waals surface area contributed by atoms with E-state index in [1.54, 1.807) is 4.90 Å². The number of H-pyrrole nitrogens is 1. The highest BCUT2D eigenvalue weighted by Gasteiger charge is 2.35. The Kier molecular flexibility index (Phi) is 4.25. The number of amides is 1. The molecule has 25 heavy (non-hydrogen) atoms. The predicted molar refractivity (Wildman–Crippen MR) is 91.4 cm³/mol. The number of rotatable bonds is 5. The van der Waals surface area contributed by atoms with E-state index in [1.165, 1.54) is 6.33 Å². The summed E-state index contributed by atoms with van der Waals surface area (Å²) >= 11 is 0. The van der Waals surface area contributed by atoms with Crippen molar-refractivity contribution in [1.82, 2.24) is 25.1 Å². The highest BCUT2D eigenvalue weighted by molar-refractivity contribution is 5.95. The smallest absolute Gasteiger partial charge is 0.255 e. The summed E-state index contributed by atoms with van der Waals surface area (Å²) in [6.07, 6.45) is 4.59. The van der Waals surface area contributed by atoms with Gasteiger partial charge in [0.1, 0.15) is 12.2 Å². The van der Waals surface area contributed by atoms with Gasteiger partial charge in [-0.1, -0.05) is 0 Å². The van der Waals surface area contributed by atoms with E-state index >= 15 is 0 Å². The van der Waals surface area contributed by atoms with Gasteiger partial charge < -0.3 is 9.64 Å². The zero-order valence-corrected chi connectivity index (χ0v) is 14.6. The number of nitrogens with zero attached hydrogens (tertiary/aromatic N) is 4. The van der Waals surface area contributed by atoms with Crippen LogP contribution in [0.2, 0.25) is 0 Å². The summed E-state index contributed by atoms with van der Waals surface area (Å²) in [7, 11) is 1.83. The largest absolute Gasteiger partial charge is 0.376 e. The number of pyridine rings is 1. The summed E-state index contributed by atoms with van der Waals surface area (Å²) in [6.45, 7) is 3.18. The van der Waals surface area contributed by atoms with Crippen LogP contribution in [0.4, 0.5) is 0 Å². The second-order valence-corrected chi connectivity index (χ2v) is 7.02. The molecule has 1 amide bonds. The third-order valence-corrected chi connectivity index (χ3v) is 5.05. The van der Waals surface area contributed by atoms with Crippen LogP contribution in [0.5, 0.6) is 0 Å². The van der Waals surface area contributed by atoms with Gasteiger partial charge >= 0.3 is 0 Å². The maximum atomic E-state index is 13.0. The number of carbonyl (C=O) groups excluding carboxylic acids is 1. The van der Waals surface area contributed by atoms with Crippen LogP contribution in [0.1, 0.15) is 58.7 Å². The molecule has 2 atom stereocenters. The zero-order valence-electron chi connectivity index (χ0n) is 14.6. The van der Waals surface area contributed by atoms with Crippen molar-refractivity contribution in [3.05, 3.63) is 41.2 Å². The Labute approximate surface area is 146 Å². The topological polar surface area (TPSA) is 84.0 Å². The van der Waals surface area contributed by atoms with Gasteiger partial charge in [-0.2, -0.15) is 5.10 Å². The second-order valence-electron chi connectivity index (χ2n) is 7.02. The van der Waals surface area contributed by atoms with Crippen LogP contribution in [0, 0.1) is 6.92 Å². The molecule has 132 valence electrons. The molecule has 1 saturated carbocycles. The second kappa shape index (κ2) is 6.55. The van der Waals surface area contributed by atoms with Crippen LogP contribution in [-0.4, -0.2) is 57.3 Å². The quantitative estimate of drug-likeness (QED) is 0.899. The lowest BCUT2D eigenvalue weighted by molar-refractivity contribution is 0.0549. The van der Waals surface area contributed by atoms with E-state index in [0.29, 0.717) is 19.1 Å². The number of ether oxygens (including phenoxy) is 1. The molecule has 0 spiro atoms. The first-order valence-corrected chi connectivity index (χ1v) is 8.83. The standard InChI is InChI=1S/C18H23N5O2/c1-11-3-6-14(16(21-11)12-4-5-12)18(24)23(2)9-15-13(7-8-25-15)17-19-10-20-22-17/h3,6,10,12-13,15H,4-5,7-9H2,1-2H3,(H,19,20,22)/t13-,15-/m1/s1. The van der Waals surface area contributed by atoms with E-state index in [2.05, 4.69) is 20.2 Å². The normalized spacial score (nSPS) is 23.0. The molecule has 1 N–H and O–H groups in total. The van der Waals surface area contributed by atoms with Crippen molar-refractivity contribution in [3.63, 3.8) is 0 Å². The first kappa shape index (κ1) is 16.2. The van der Waals surface area contributed by atoms with Crippen LogP contribution in [0.15, 0.2) is 18.5 Å². The van der Waals surface area contributed by atoms with Crippen LogP contribution in [0.25, 0.3) is 0 Å². The minimum atomic E-state index is -0.0651. The average Bonchev–Trinajstić information content (AvgIpc) is 3.11. The van der Waals surface area contributed by atoms with E-state index in [4.69, 9.17) is 4.74 Å².